The Morgan fingerprint density at radius 1 is 1.32 bits per heavy atom. The number of nitrogens with zero attached hydrogens (tertiary/aromatic N) is 2. The molecule has 4 nitrogen and oxygen atoms in total. The van der Waals surface area contributed by atoms with Crippen LogP contribution in [0.5, 0.6) is 0 Å². The third-order valence-electron chi connectivity index (χ3n) is 3.69. The van der Waals surface area contributed by atoms with Crippen molar-refractivity contribution in [2.75, 3.05) is 0 Å². The van der Waals surface area contributed by atoms with Crippen molar-refractivity contribution in [1.29, 1.82) is 0 Å². The number of aryl methyl sites for hydroxylation is 1. The van der Waals surface area contributed by atoms with E-state index < -0.39 is 5.97 Å². The second-order valence-electron chi connectivity index (χ2n) is 5.66. The summed E-state index contributed by atoms with van der Waals surface area (Å²) in [6.45, 7) is 6.15. The Hall–Kier alpha value is -2.14. The van der Waals surface area contributed by atoms with Crippen LogP contribution in [0, 0.1) is 6.92 Å². The second kappa shape index (κ2) is 5.57. The molecule has 3 rings (SSSR count). The van der Waals surface area contributed by atoms with Crippen molar-refractivity contribution in [1.82, 2.24) is 9.38 Å². The maximum absolute atomic E-state index is 11.3. The monoisotopic (exact) mass is 314 g/mol. The van der Waals surface area contributed by atoms with Gasteiger partial charge in [0, 0.05) is 4.88 Å². The molecule has 2 heterocycles. The molecule has 0 saturated heterocycles. The van der Waals surface area contributed by atoms with Crippen LogP contribution in [0.3, 0.4) is 0 Å². The topological polar surface area (TPSA) is 54.6 Å². The van der Waals surface area contributed by atoms with Gasteiger partial charge < -0.3 is 5.11 Å². The molecule has 0 aliphatic rings. The molecule has 2 aromatic heterocycles. The van der Waals surface area contributed by atoms with E-state index in [1.165, 1.54) is 0 Å². The van der Waals surface area contributed by atoms with E-state index in [0.717, 1.165) is 32.5 Å². The number of thiazole rings is 1. The Morgan fingerprint density at radius 2 is 2.00 bits per heavy atom. The lowest BCUT2D eigenvalue weighted by atomic mass is 10.1. The maximum Gasteiger partial charge on any atom is 0.309 e. The fourth-order valence-corrected chi connectivity index (χ4v) is 3.81. The van der Waals surface area contributed by atoms with Gasteiger partial charge in [-0.25, -0.2) is 4.98 Å². The summed E-state index contributed by atoms with van der Waals surface area (Å²) in [5.74, 6) is -0.628. The van der Waals surface area contributed by atoms with Gasteiger partial charge in [-0.3, -0.25) is 9.20 Å². The van der Waals surface area contributed by atoms with E-state index in [0.29, 0.717) is 0 Å². The number of benzene rings is 1. The van der Waals surface area contributed by atoms with Crippen LogP contribution >= 0.6 is 11.3 Å². The van der Waals surface area contributed by atoms with Crippen LogP contribution in [-0.4, -0.2) is 20.5 Å². The highest BCUT2D eigenvalue weighted by Crippen LogP contribution is 2.35. The van der Waals surface area contributed by atoms with E-state index in [4.69, 9.17) is 4.98 Å². The van der Waals surface area contributed by atoms with Crippen LogP contribution in [0.2, 0.25) is 0 Å². The number of fused-ring (bicyclic) bond motifs is 1. The normalized spacial score (nSPS) is 11.5. The summed E-state index contributed by atoms with van der Waals surface area (Å²) in [6, 6.07) is 10.1. The molecular weight excluding hydrogens is 296 g/mol. The molecule has 5 heteroatoms. The van der Waals surface area contributed by atoms with Gasteiger partial charge in [0.2, 0.25) is 0 Å². The zero-order valence-corrected chi connectivity index (χ0v) is 13.6. The molecule has 3 aromatic rings. The van der Waals surface area contributed by atoms with Gasteiger partial charge in [-0.05, 0) is 18.4 Å². The SMILES string of the molecule is Cc1sc2nc(C(C)C)c(CC(=O)O)n2c1-c1ccccc1. The van der Waals surface area contributed by atoms with Crippen LogP contribution in [0.25, 0.3) is 16.2 Å². The van der Waals surface area contributed by atoms with Gasteiger partial charge >= 0.3 is 5.97 Å². The summed E-state index contributed by atoms with van der Waals surface area (Å²) in [7, 11) is 0. The third kappa shape index (κ3) is 2.41. The number of rotatable bonds is 4. The van der Waals surface area contributed by atoms with Gasteiger partial charge in [0.05, 0.1) is 23.5 Å². The molecule has 0 saturated carbocycles. The number of carboxylic acid groups (broad SMARTS) is 1. The lowest BCUT2D eigenvalue weighted by molar-refractivity contribution is -0.136. The maximum atomic E-state index is 11.3. The molecule has 1 N–H and O–H groups in total. The first kappa shape index (κ1) is 14.8. The number of hydrogen-bond donors (Lipinski definition) is 1. The van der Waals surface area contributed by atoms with Gasteiger partial charge in [-0.2, -0.15) is 0 Å². The summed E-state index contributed by atoms with van der Waals surface area (Å²) in [5, 5.41) is 9.28. The quantitative estimate of drug-likeness (QED) is 0.788. The van der Waals surface area contributed by atoms with E-state index in [-0.39, 0.29) is 12.3 Å². The van der Waals surface area contributed by atoms with Crippen molar-refractivity contribution in [3.63, 3.8) is 0 Å². The van der Waals surface area contributed by atoms with Crippen molar-refractivity contribution >= 4 is 22.3 Å². The van der Waals surface area contributed by atoms with Crippen molar-refractivity contribution in [3.05, 3.63) is 46.6 Å². The summed E-state index contributed by atoms with van der Waals surface area (Å²) < 4.78 is 2.03. The molecule has 0 aliphatic heterocycles. The molecule has 0 amide bonds. The average Bonchev–Trinajstić information content (AvgIpc) is 2.95. The van der Waals surface area contributed by atoms with E-state index in [2.05, 4.69) is 6.92 Å². The van der Waals surface area contributed by atoms with E-state index in [1.807, 2.05) is 48.6 Å². The first-order valence-corrected chi connectivity index (χ1v) is 8.08. The molecular formula is C17H18N2O2S. The predicted octanol–water partition coefficient (Wildman–Crippen LogP) is 4.12. The van der Waals surface area contributed by atoms with Crippen molar-refractivity contribution in [2.45, 2.75) is 33.1 Å². The standard InChI is InChI=1S/C17H18N2O2S/c1-10(2)15-13(9-14(20)21)19-16(11(3)22-17(19)18-15)12-7-5-4-6-8-12/h4-8,10H,9H2,1-3H3,(H,20,21). The van der Waals surface area contributed by atoms with Gasteiger partial charge in [-0.15, -0.1) is 11.3 Å². The minimum Gasteiger partial charge on any atom is -0.481 e. The zero-order chi connectivity index (χ0) is 15.9. The average molecular weight is 314 g/mol. The number of carboxylic acids is 1. The Kier molecular flexibility index (Phi) is 3.74. The number of aromatic nitrogens is 2. The minimum atomic E-state index is -0.827. The van der Waals surface area contributed by atoms with E-state index in [1.54, 1.807) is 11.3 Å². The predicted molar refractivity (Wildman–Crippen MR) is 88.7 cm³/mol. The first-order chi connectivity index (χ1) is 10.5. The number of hydrogen-bond acceptors (Lipinski definition) is 3. The van der Waals surface area contributed by atoms with Crippen molar-refractivity contribution in [2.24, 2.45) is 0 Å². The first-order valence-electron chi connectivity index (χ1n) is 7.27. The van der Waals surface area contributed by atoms with E-state index in [9.17, 15) is 9.90 Å². The van der Waals surface area contributed by atoms with Crippen LogP contribution in [0.1, 0.15) is 36.0 Å². The van der Waals surface area contributed by atoms with Gasteiger partial charge in [-0.1, -0.05) is 44.2 Å². The molecule has 0 aliphatic carbocycles. The largest absolute Gasteiger partial charge is 0.481 e. The number of imidazole rings is 1. The summed E-state index contributed by atoms with van der Waals surface area (Å²) in [5.41, 5.74) is 3.81. The Labute approximate surface area is 133 Å². The van der Waals surface area contributed by atoms with Crippen LogP contribution < -0.4 is 0 Å². The number of aliphatic carboxylic acids is 1. The third-order valence-corrected chi connectivity index (χ3v) is 4.64. The summed E-state index contributed by atoms with van der Waals surface area (Å²) in [6.07, 6.45) is -0.00924. The molecule has 0 unspecified atom stereocenters. The smallest absolute Gasteiger partial charge is 0.309 e. The highest BCUT2D eigenvalue weighted by atomic mass is 32.1. The van der Waals surface area contributed by atoms with Gasteiger partial charge in [0.15, 0.2) is 4.96 Å². The molecule has 1 aromatic carbocycles. The minimum absolute atomic E-state index is 0.00924. The Morgan fingerprint density at radius 3 is 2.59 bits per heavy atom. The Bertz CT molecular complexity index is 831. The molecule has 0 radical (unpaired) electrons. The lowest BCUT2D eigenvalue weighted by Crippen LogP contribution is -2.07. The van der Waals surface area contributed by atoms with Crippen molar-refractivity contribution < 1.29 is 9.90 Å². The fraction of sp³-hybridized carbons (Fsp3) is 0.294. The van der Waals surface area contributed by atoms with Crippen molar-refractivity contribution in [3.8, 4) is 11.3 Å². The fourth-order valence-electron chi connectivity index (χ4n) is 2.79. The highest BCUT2D eigenvalue weighted by Gasteiger charge is 2.22. The molecule has 0 fully saturated rings. The second-order valence-corrected chi connectivity index (χ2v) is 6.84. The van der Waals surface area contributed by atoms with Crippen LogP contribution in [0.4, 0.5) is 0 Å². The molecule has 0 bridgehead atoms. The summed E-state index contributed by atoms with van der Waals surface area (Å²) in [4.78, 5) is 18.0. The number of carbonyl (C=O) groups is 1. The zero-order valence-electron chi connectivity index (χ0n) is 12.8. The van der Waals surface area contributed by atoms with Gasteiger partial charge in [0.1, 0.15) is 0 Å². The molecule has 114 valence electrons. The Balaban J connectivity index is 2.33. The van der Waals surface area contributed by atoms with Crippen LogP contribution in [-0.2, 0) is 11.2 Å². The molecule has 0 atom stereocenters. The molecule has 22 heavy (non-hydrogen) atoms. The van der Waals surface area contributed by atoms with Crippen LogP contribution in [0.15, 0.2) is 30.3 Å². The van der Waals surface area contributed by atoms with Gasteiger partial charge in [0.25, 0.3) is 0 Å². The summed E-state index contributed by atoms with van der Waals surface area (Å²) >= 11 is 1.61. The lowest BCUT2D eigenvalue weighted by Gasteiger charge is -2.08. The molecule has 0 spiro atoms. The highest BCUT2D eigenvalue weighted by molar-refractivity contribution is 7.17. The van der Waals surface area contributed by atoms with E-state index >= 15 is 0 Å².